The van der Waals surface area contributed by atoms with Gasteiger partial charge in [-0.1, -0.05) is 0 Å². The maximum Gasteiger partial charge on any atom is 0.433 e. The number of fused-ring (bicyclic) bond motifs is 1. The predicted molar refractivity (Wildman–Crippen MR) is 69.1 cm³/mol. The maximum absolute atomic E-state index is 12.6. The van der Waals surface area contributed by atoms with Crippen molar-refractivity contribution in [2.24, 2.45) is 0 Å². The van der Waals surface area contributed by atoms with Crippen LogP contribution in [0.4, 0.5) is 13.2 Å². The van der Waals surface area contributed by atoms with E-state index < -0.39 is 11.9 Å². The number of hydrogen-bond donors (Lipinski definition) is 1. The molecule has 0 fully saturated rings. The summed E-state index contributed by atoms with van der Waals surface area (Å²) in [6.07, 6.45) is -1.09. The molecule has 0 aromatic carbocycles. The molecule has 0 aliphatic carbocycles. The van der Waals surface area contributed by atoms with Crippen molar-refractivity contribution in [3.63, 3.8) is 0 Å². The SMILES string of the molecule is Cc1cnccc1-c1cc2ccc(C(F)(F)F)nc2[nH]1. The molecule has 3 rings (SSSR count). The van der Waals surface area contributed by atoms with E-state index in [1.165, 1.54) is 6.07 Å². The van der Waals surface area contributed by atoms with Crippen LogP contribution in [0.3, 0.4) is 0 Å². The minimum atomic E-state index is -4.44. The van der Waals surface area contributed by atoms with Gasteiger partial charge in [-0.2, -0.15) is 13.2 Å². The van der Waals surface area contributed by atoms with Crippen LogP contribution in [0, 0.1) is 6.92 Å². The lowest BCUT2D eigenvalue weighted by Gasteiger charge is -2.04. The average Bonchev–Trinajstić information content (AvgIpc) is 2.80. The molecule has 0 spiro atoms. The van der Waals surface area contributed by atoms with Crippen LogP contribution < -0.4 is 0 Å². The van der Waals surface area contributed by atoms with Crippen molar-refractivity contribution in [1.82, 2.24) is 15.0 Å². The monoisotopic (exact) mass is 277 g/mol. The number of H-pyrrole nitrogens is 1. The number of halogens is 3. The van der Waals surface area contributed by atoms with Crippen LogP contribution in [0.5, 0.6) is 0 Å². The smallest absolute Gasteiger partial charge is 0.339 e. The Morgan fingerprint density at radius 3 is 2.65 bits per heavy atom. The third-order valence-corrected chi connectivity index (χ3v) is 3.08. The summed E-state index contributed by atoms with van der Waals surface area (Å²) in [5.41, 5.74) is 1.89. The van der Waals surface area contributed by atoms with E-state index >= 15 is 0 Å². The van der Waals surface area contributed by atoms with Crippen LogP contribution in [0.15, 0.2) is 36.7 Å². The molecule has 3 heterocycles. The van der Waals surface area contributed by atoms with Crippen molar-refractivity contribution < 1.29 is 13.2 Å². The van der Waals surface area contributed by atoms with E-state index in [2.05, 4.69) is 15.0 Å². The highest BCUT2D eigenvalue weighted by Gasteiger charge is 2.32. The highest BCUT2D eigenvalue weighted by molar-refractivity contribution is 5.83. The standard InChI is InChI=1S/C14H10F3N3/c1-8-7-18-5-4-10(8)11-6-9-2-3-12(14(15,16)17)20-13(9)19-11/h2-7H,1H3,(H,19,20). The Hall–Kier alpha value is -2.37. The highest BCUT2D eigenvalue weighted by atomic mass is 19.4. The molecule has 0 saturated heterocycles. The molecule has 0 amide bonds. The first kappa shape index (κ1) is 12.7. The zero-order valence-corrected chi connectivity index (χ0v) is 10.5. The molecule has 0 saturated carbocycles. The summed E-state index contributed by atoms with van der Waals surface area (Å²) in [7, 11) is 0. The predicted octanol–water partition coefficient (Wildman–Crippen LogP) is 3.95. The van der Waals surface area contributed by atoms with E-state index in [1.807, 2.05) is 13.0 Å². The quantitative estimate of drug-likeness (QED) is 0.731. The van der Waals surface area contributed by atoms with E-state index in [9.17, 15) is 13.2 Å². The molecule has 0 radical (unpaired) electrons. The lowest BCUT2D eigenvalue weighted by Crippen LogP contribution is -2.07. The lowest BCUT2D eigenvalue weighted by atomic mass is 10.1. The first-order chi connectivity index (χ1) is 9.45. The number of hydrogen-bond acceptors (Lipinski definition) is 2. The summed E-state index contributed by atoms with van der Waals surface area (Å²) in [5, 5.41) is 0.643. The van der Waals surface area contributed by atoms with Gasteiger partial charge < -0.3 is 4.98 Å². The van der Waals surface area contributed by atoms with Gasteiger partial charge in [-0.3, -0.25) is 4.98 Å². The third kappa shape index (κ3) is 2.13. The second kappa shape index (κ2) is 4.33. The molecular weight excluding hydrogens is 267 g/mol. The topological polar surface area (TPSA) is 41.6 Å². The van der Waals surface area contributed by atoms with E-state index in [-0.39, 0.29) is 5.65 Å². The number of nitrogens with zero attached hydrogens (tertiary/aromatic N) is 2. The van der Waals surface area contributed by atoms with Gasteiger partial charge in [-0.15, -0.1) is 0 Å². The van der Waals surface area contributed by atoms with Gasteiger partial charge in [0.1, 0.15) is 11.3 Å². The molecule has 3 aromatic heterocycles. The van der Waals surface area contributed by atoms with Crippen LogP contribution in [0.25, 0.3) is 22.3 Å². The van der Waals surface area contributed by atoms with Crippen molar-refractivity contribution in [1.29, 1.82) is 0 Å². The summed E-state index contributed by atoms with van der Waals surface area (Å²) in [6, 6.07) is 6.00. The van der Waals surface area contributed by atoms with Crippen molar-refractivity contribution in [2.75, 3.05) is 0 Å². The highest BCUT2D eigenvalue weighted by Crippen LogP contribution is 2.30. The fraction of sp³-hybridized carbons (Fsp3) is 0.143. The van der Waals surface area contributed by atoms with Gasteiger partial charge in [-0.25, -0.2) is 4.98 Å². The van der Waals surface area contributed by atoms with Crippen molar-refractivity contribution >= 4 is 11.0 Å². The van der Waals surface area contributed by atoms with Gasteiger partial charge in [0.15, 0.2) is 0 Å². The van der Waals surface area contributed by atoms with Gasteiger partial charge in [0.05, 0.1) is 0 Å². The Morgan fingerprint density at radius 2 is 1.95 bits per heavy atom. The minimum absolute atomic E-state index is 0.228. The lowest BCUT2D eigenvalue weighted by molar-refractivity contribution is -0.141. The summed E-state index contributed by atoms with van der Waals surface area (Å²) in [4.78, 5) is 10.5. The molecule has 0 aliphatic heterocycles. The summed E-state index contributed by atoms with van der Waals surface area (Å²) in [6.45, 7) is 1.89. The Kier molecular flexibility index (Phi) is 2.74. The maximum atomic E-state index is 12.6. The zero-order valence-electron chi connectivity index (χ0n) is 10.5. The van der Waals surface area contributed by atoms with Crippen LogP contribution in [0.2, 0.25) is 0 Å². The van der Waals surface area contributed by atoms with Gasteiger partial charge in [0.2, 0.25) is 0 Å². The molecule has 6 heteroatoms. The molecule has 0 bridgehead atoms. The number of pyridine rings is 2. The van der Waals surface area contributed by atoms with Crippen molar-refractivity contribution in [3.8, 4) is 11.3 Å². The molecular formula is C14H10F3N3. The molecule has 0 atom stereocenters. The van der Waals surface area contributed by atoms with Crippen LogP contribution in [-0.4, -0.2) is 15.0 Å². The first-order valence-corrected chi connectivity index (χ1v) is 5.93. The number of aromatic amines is 1. The Labute approximate surface area is 112 Å². The van der Waals surface area contributed by atoms with E-state index in [0.29, 0.717) is 5.39 Å². The molecule has 3 nitrogen and oxygen atoms in total. The Morgan fingerprint density at radius 1 is 1.15 bits per heavy atom. The number of alkyl halides is 3. The summed E-state index contributed by atoms with van der Waals surface area (Å²) in [5.74, 6) is 0. The zero-order chi connectivity index (χ0) is 14.3. The molecule has 1 N–H and O–H groups in total. The van der Waals surface area contributed by atoms with Gasteiger partial charge in [-0.05, 0) is 36.8 Å². The third-order valence-electron chi connectivity index (χ3n) is 3.08. The Balaban J connectivity index is 2.14. The first-order valence-electron chi connectivity index (χ1n) is 5.93. The second-order valence-corrected chi connectivity index (χ2v) is 4.51. The van der Waals surface area contributed by atoms with Crippen molar-refractivity contribution in [2.45, 2.75) is 13.1 Å². The van der Waals surface area contributed by atoms with E-state index in [1.54, 1.807) is 18.5 Å². The van der Waals surface area contributed by atoms with E-state index in [4.69, 9.17) is 0 Å². The average molecular weight is 277 g/mol. The normalized spacial score (nSPS) is 12.0. The molecule has 3 aromatic rings. The van der Waals surface area contributed by atoms with Crippen LogP contribution in [-0.2, 0) is 6.18 Å². The number of aromatic nitrogens is 3. The Bertz CT molecular complexity index is 775. The fourth-order valence-electron chi connectivity index (χ4n) is 2.08. The minimum Gasteiger partial charge on any atom is -0.339 e. The number of rotatable bonds is 1. The van der Waals surface area contributed by atoms with Gasteiger partial charge in [0.25, 0.3) is 0 Å². The molecule has 20 heavy (non-hydrogen) atoms. The van der Waals surface area contributed by atoms with Crippen molar-refractivity contribution in [3.05, 3.63) is 47.9 Å². The van der Waals surface area contributed by atoms with E-state index in [0.717, 1.165) is 22.9 Å². The fourth-order valence-corrected chi connectivity index (χ4v) is 2.08. The van der Waals surface area contributed by atoms with Crippen LogP contribution >= 0.6 is 0 Å². The molecule has 0 aliphatic rings. The van der Waals surface area contributed by atoms with Gasteiger partial charge >= 0.3 is 6.18 Å². The summed E-state index contributed by atoms with van der Waals surface area (Å²) < 4.78 is 37.9. The summed E-state index contributed by atoms with van der Waals surface area (Å²) >= 11 is 0. The molecule has 102 valence electrons. The number of aryl methyl sites for hydroxylation is 1. The second-order valence-electron chi connectivity index (χ2n) is 4.51. The number of nitrogens with one attached hydrogen (secondary N) is 1. The largest absolute Gasteiger partial charge is 0.433 e. The van der Waals surface area contributed by atoms with Crippen LogP contribution in [0.1, 0.15) is 11.3 Å². The van der Waals surface area contributed by atoms with Gasteiger partial charge in [0, 0.05) is 29.0 Å². The molecule has 0 unspecified atom stereocenters.